The highest BCUT2D eigenvalue weighted by Crippen LogP contribution is 2.18. The van der Waals surface area contributed by atoms with Crippen molar-refractivity contribution in [3.63, 3.8) is 0 Å². The highest BCUT2D eigenvalue weighted by atomic mass is 16.6. The number of aromatic nitrogens is 4. The lowest BCUT2D eigenvalue weighted by molar-refractivity contribution is -0.385. The Bertz CT molecular complexity index is 482. The number of aryl methyl sites for hydroxylation is 2. The van der Waals surface area contributed by atoms with Crippen LogP contribution in [0.2, 0.25) is 0 Å². The standard InChI is InChI=1S/C9H9N5O2/c15-14(16)8-4-2-1-3-7(8)5-6-9-10-12-13-11-9/h1-4H,5-6H2,(H,10,11,12,13). The molecule has 82 valence electrons. The third kappa shape index (κ3) is 2.19. The summed E-state index contributed by atoms with van der Waals surface area (Å²) in [6.45, 7) is 0. The van der Waals surface area contributed by atoms with Gasteiger partial charge in [-0.25, -0.2) is 0 Å². The summed E-state index contributed by atoms with van der Waals surface area (Å²) in [5.74, 6) is 0.554. The van der Waals surface area contributed by atoms with Gasteiger partial charge in [0.2, 0.25) is 0 Å². The highest BCUT2D eigenvalue weighted by Gasteiger charge is 2.12. The predicted molar refractivity (Wildman–Crippen MR) is 54.7 cm³/mol. The largest absolute Gasteiger partial charge is 0.272 e. The van der Waals surface area contributed by atoms with Crippen LogP contribution in [0.1, 0.15) is 11.4 Å². The third-order valence-electron chi connectivity index (χ3n) is 2.20. The van der Waals surface area contributed by atoms with Gasteiger partial charge < -0.3 is 0 Å². The number of hydrogen-bond acceptors (Lipinski definition) is 5. The number of nitrogens with one attached hydrogen (secondary N) is 1. The zero-order chi connectivity index (χ0) is 11.4. The molecule has 1 heterocycles. The monoisotopic (exact) mass is 219 g/mol. The van der Waals surface area contributed by atoms with Crippen LogP contribution in [0, 0.1) is 10.1 Å². The smallest absolute Gasteiger partial charge is 0.258 e. The number of H-pyrrole nitrogens is 1. The van der Waals surface area contributed by atoms with Crippen LogP contribution in [-0.4, -0.2) is 25.5 Å². The second kappa shape index (κ2) is 4.47. The molecule has 2 aromatic rings. The van der Waals surface area contributed by atoms with Gasteiger partial charge in [-0.3, -0.25) is 10.1 Å². The molecule has 0 aliphatic carbocycles. The minimum absolute atomic E-state index is 0.131. The molecule has 1 aromatic heterocycles. The second-order valence-corrected chi connectivity index (χ2v) is 3.21. The minimum atomic E-state index is -0.383. The van der Waals surface area contributed by atoms with E-state index in [4.69, 9.17) is 0 Å². The molecule has 0 saturated carbocycles. The van der Waals surface area contributed by atoms with Crippen LogP contribution in [0.5, 0.6) is 0 Å². The van der Waals surface area contributed by atoms with Gasteiger partial charge in [0.25, 0.3) is 5.69 Å². The van der Waals surface area contributed by atoms with Gasteiger partial charge in [-0.05, 0) is 6.42 Å². The molecule has 1 aromatic carbocycles. The summed E-state index contributed by atoms with van der Waals surface area (Å²) in [6.07, 6.45) is 1.05. The zero-order valence-electron chi connectivity index (χ0n) is 8.33. The first kappa shape index (κ1) is 10.2. The van der Waals surface area contributed by atoms with Gasteiger partial charge >= 0.3 is 0 Å². The minimum Gasteiger partial charge on any atom is -0.258 e. The van der Waals surface area contributed by atoms with Crippen molar-refractivity contribution in [2.45, 2.75) is 12.8 Å². The normalized spacial score (nSPS) is 10.2. The maximum atomic E-state index is 10.7. The average Bonchev–Trinajstić information content (AvgIpc) is 2.79. The van der Waals surface area contributed by atoms with Crippen molar-refractivity contribution in [1.82, 2.24) is 20.6 Å². The first-order chi connectivity index (χ1) is 7.77. The fraction of sp³-hybridized carbons (Fsp3) is 0.222. The fourth-order valence-electron chi connectivity index (χ4n) is 1.44. The molecule has 0 saturated heterocycles. The Hall–Kier alpha value is -2.31. The number of para-hydroxylation sites is 1. The van der Waals surface area contributed by atoms with E-state index >= 15 is 0 Å². The third-order valence-corrected chi connectivity index (χ3v) is 2.20. The van der Waals surface area contributed by atoms with E-state index in [1.165, 1.54) is 6.07 Å². The second-order valence-electron chi connectivity index (χ2n) is 3.21. The van der Waals surface area contributed by atoms with Gasteiger partial charge in [0.15, 0.2) is 5.82 Å². The quantitative estimate of drug-likeness (QED) is 0.608. The van der Waals surface area contributed by atoms with Gasteiger partial charge in [0.05, 0.1) is 4.92 Å². The van der Waals surface area contributed by atoms with E-state index in [1.807, 2.05) is 0 Å². The van der Waals surface area contributed by atoms with E-state index in [-0.39, 0.29) is 10.6 Å². The summed E-state index contributed by atoms with van der Waals surface area (Å²) in [6, 6.07) is 6.65. The van der Waals surface area contributed by atoms with Crippen LogP contribution in [0.25, 0.3) is 0 Å². The van der Waals surface area contributed by atoms with Gasteiger partial charge in [-0.2, -0.15) is 5.21 Å². The number of nitro groups is 1. The van der Waals surface area contributed by atoms with Crippen LogP contribution in [0.15, 0.2) is 24.3 Å². The van der Waals surface area contributed by atoms with Crippen LogP contribution >= 0.6 is 0 Å². The van der Waals surface area contributed by atoms with Gasteiger partial charge in [0, 0.05) is 18.1 Å². The van der Waals surface area contributed by atoms with Crippen LogP contribution in [0.4, 0.5) is 5.69 Å². The molecule has 1 N–H and O–H groups in total. The lowest BCUT2D eigenvalue weighted by Crippen LogP contribution is -1.98. The molecule has 0 amide bonds. The molecule has 0 bridgehead atoms. The Morgan fingerprint density at radius 3 is 2.81 bits per heavy atom. The Balaban J connectivity index is 2.12. The van der Waals surface area contributed by atoms with Crippen molar-refractivity contribution in [3.05, 3.63) is 45.8 Å². The van der Waals surface area contributed by atoms with Crippen LogP contribution in [-0.2, 0) is 12.8 Å². The van der Waals surface area contributed by atoms with E-state index in [0.717, 1.165) is 0 Å². The number of rotatable bonds is 4. The molecule has 2 rings (SSSR count). The molecular weight excluding hydrogens is 210 g/mol. The van der Waals surface area contributed by atoms with Crippen molar-refractivity contribution in [3.8, 4) is 0 Å². The molecule has 0 unspecified atom stereocenters. The molecule has 0 atom stereocenters. The number of hydrogen-bond donors (Lipinski definition) is 1. The Kier molecular flexibility index (Phi) is 2.86. The van der Waals surface area contributed by atoms with Crippen LogP contribution in [0.3, 0.4) is 0 Å². The summed E-state index contributed by atoms with van der Waals surface area (Å²) in [4.78, 5) is 10.4. The Morgan fingerprint density at radius 1 is 1.31 bits per heavy atom. The maximum Gasteiger partial charge on any atom is 0.272 e. The number of tetrazole rings is 1. The molecule has 0 aliphatic heterocycles. The molecular formula is C9H9N5O2. The van der Waals surface area contributed by atoms with Gasteiger partial charge in [-0.15, -0.1) is 10.2 Å². The van der Waals surface area contributed by atoms with Gasteiger partial charge in [-0.1, -0.05) is 23.4 Å². The average molecular weight is 219 g/mol. The van der Waals surface area contributed by atoms with E-state index < -0.39 is 0 Å². The summed E-state index contributed by atoms with van der Waals surface area (Å²) in [7, 11) is 0. The topological polar surface area (TPSA) is 97.6 Å². The van der Waals surface area contributed by atoms with E-state index in [1.54, 1.807) is 18.2 Å². The highest BCUT2D eigenvalue weighted by molar-refractivity contribution is 5.39. The summed E-state index contributed by atoms with van der Waals surface area (Å²) >= 11 is 0. The predicted octanol–water partition coefficient (Wildman–Crippen LogP) is 0.893. The molecule has 16 heavy (non-hydrogen) atoms. The summed E-state index contributed by atoms with van der Waals surface area (Å²) < 4.78 is 0. The van der Waals surface area contributed by atoms with E-state index in [2.05, 4.69) is 20.6 Å². The maximum absolute atomic E-state index is 10.7. The van der Waals surface area contributed by atoms with Crippen molar-refractivity contribution in [1.29, 1.82) is 0 Å². The number of nitrogens with zero attached hydrogens (tertiary/aromatic N) is 4. The number of aromatic amines is 1. The lowest BCUT2D eigenvalue weighted by atomic mass is 10.1. The van der Waals surface area contributed by atoms with Crippen molar-refractivity contribution < 1.29 is 4.92 Å². The molecule has 0 aliphatic rings. The van der Waals surface area contributed by atoms with Crippen molar-refractivity contribution >= 4 is 5.69 Å². The van der Waals surface area contributed by atoms with Crippen molar-refractivity contribution in [2.24, 2.45) is 0 Å². The SMILES string of the molecule is O=[N+]([O-])c1ccccc1CCc1nn[nH]n1. The molecule has 0 spiro atoms. The Morgan fingerprint density at radius 2 is 2.12 bits per heavy atom. The summed E-state index contributed by atoms with van der Waals surface area (Å²) in [5.41, 5.74) is 0.809. The van der Waals surface area contributed by atoms with Gasteiger partial charge in [0.1, 0.15) is 0 Å². The first-order valence-corrected chi connectivity index (χ1v) is 4.72. The van der Waals surface area contributed by atoms with E-state index in [0.29, 0.717) is 24.2 Å². The lowest BCUT2D eigenvalue weighted by Gasteiger charge is -1.99. The molecule has 0 radical (unpaired) electrons. The number of benzene rings is 1. The molecule has 0 fully saturated rings. The van der Waals surface area contributed by atoms with E-state index in [9.17, 15) is 10.1 Å². The summed E-state index contributed by atoms with van der Waals surface area (Å²) in [5, 5.41) is 24.1. The Labute approximate surface area is 90.6 Å². The first-order valence-electron chi connectivity index (χ1n) is 4.72. The number of nitro benzene ring substituents is 1. The zero-order valence-corrected chi connectivity index (χ0v) is 8.33. The van der Waals surface area contributed by atoms with Crippen molar-refractivity contribution in [2.75, 3.05) is 0 Å². The fourth-order valence-corrected chi connectivity index (χ4v) is 1.44. The molecule has 7 heteroatoms. The molecule has 7 nitrogen and oxygen atoms in total. The van der Waals surface area contributed by atoms with Crippen LogP contribution < -0.4 is 0 Å².